The van der Waals surface area contributed by atoms with Crippen LogP contribution in [-0.4, -0.2) is 53.8 Å². The number of anilines is 1. The van der Waals surface area contributed by atoms with E-state index in [-0.39, 0.29) is 17.9 Å². The largest absolute Gasteiger partial charge is 0.340 e. The number of nitrogens with one attached hydrogen (secondary N) is 1. The Morgan fingerprint density at radius 3 is 2.41 bits per heavy atom. The molecule has 2 aromatic rings. The summed E-state index contributed by atoms with van der Waals surface area (Å²) in [6.07, 6.45) is 0.414. The highest BCUT2D eigenvalue weighted by molar-refractivity contribution is 6.36. The lowest BCUT2D eigenvalue weighted by Gasteiger charge is -2.37. The van der Waals surface area contributed by atoms with Gasteiger partial charge in [-0.25, -0.2) is 0 Å². The minimum absolute atomic E-state index is 0.129. The molecule has 0 saturated carbocycles. The number of hydrogen-bond acceptors (Lipinski definition) is 3. The van der Waals surface area contributed by atoms with Gasteiger partial charge in [0.1, 0.15) is 0 Å². The minimum atomic E-state index is -0.324. The van der Waals surface area contributed by atoms with Crippen molar-refractivity contribution in [3.63, 3.8) is 0 Å². The van der Waals surface area contributed by atoms with Crippen molar-refractivity contribution in [2.75, 3.05) is 31.5 Å². The molecule has 2 amide bonds. The van der Waals surface area contributed by atoms with Gasteiger partial charge in [-0.1, -0.05) is 47.5 Å². The predicted molar refractivity (Wildman–Crippen MR) is 118 cm³/mol. The van der Waals surface area contributed by atoms with E-state index in [0.29, 0.717) is 48.3 Å². The lowest BCUT2D eigenvalue weighted by atomic mass is 10.1. The van der Waals surface area contributed by atoms with Crippen LogP contribution in [0.5, 0.6) is 0 Å². The molecule has 1 unspecified atom stereocenters. The average Bonchev–Trinajstić information content (AvgIpc) is 2.71. The van der Waals surface area contributed by atoms with Gasteiger partial charge < -0.3 is 10.2 Å². The molecule has 1 aliphatic rings. The zero-order chi connectivity index (χ0) is 21.0. The first-order chi connectivity index (χ1) is 13.8. The Morgan fingerprint density at radius 1 is 1.07 bits per heavy atom. The highest BCUT2D eigenvalue weighted by Gasteiger charge is 2.27. The summed E-state index contributed by atoms with van der Waals surface area (Å²) in [6.45, 7) is 6.43. The van der Waals surface area contributed by atoms with Gasteiger partial charge in [0.2, 0.25) is 11.8 Å². The summed E-state index contributed by atoms with van der Waals surface area (Å²) in [4.78, 5) is 29.2. The van der Waals surface area contributed by atoms with Gasteiger partial charge in [0.15, 0.2) is 0 Å². The van der Waals surface area contributed by atoms with Crippen LogP contribution in [0.15, 0.2) is 42.5 Å². The number of aryl methyl sites for hydroxylation is 1. The van der Waals surface area contributed by atoms with Gasteiger partial charge in [0.25, 0.3) is 0 Å². The van der Waals surface area contributed by atoms with Gasteiger partial charge >= 0.3 is 0 Å². The number of amides is 2. The third-order valence-corrected chi connectivity index (χ3v) is 5.93. The number of rotatable bonds is 5. The Hall–Kier alpha value is -2.08. The molecule has 0 aliphatic carbocycles. The van der Waals surface area contributed by atoms with Crippen molar-refractivity contribution < 1.29 is 9.59 Å². The van der Waals surface area contributed by atoms with E-state index in [2.05, 4.69) is 10.2 Å². The van der Waals surface area contributed by atoms with E-state index < -0.39 is 0 Å². The van der Waals surface area contributed by atoms with Crippen molar-refractivity contribution in [2.24, 2.45) is 0 Å². The van der Waals surface area contributed by atoms with Crippen molar-refractivity contribution in [1.29, 1.82) is 0 Å². The van der Waals surface area contributed by atoms with Gasteiger partial charge in [-0.2, -0.15) is 0 Å². The molecule has 0 radical (unpaired) electrons. The van der Waals surface area contributed by atoms with Gasteiger partial charge in [0, 0.05) is 31.2 Å². The second-order valence-corrected chi connectivity index (χ2v) is 8.15. The maximum atomic E-state index is 12.6. The summed E-state index contributed by atoms with van der Waals surface area (Å²) < 4.78 is 0. The number of hydrogen-bond donors (Lipinski definition) is 1. The SMILES string of the molecule is Cc1ccccc1CC(=O)N1CCN(C(C)C(=O)Nc2ccc(Cl)cc2Cl)CC1. The van der Waals surface area contributed by atoms with Crippen LogP contribution in [-0.2, 0) is 16.0 Å². The molecule has 1 atom stereocenters. The van der Waals surface area contributed by atoms with E-state index >= 15 is 0 Å². The second kappa shape index (κ2) is 9.61. The summed E-state index contributed by atoms with van der Waals surface area (Å²) in [5, 5.41) is 3.78. The van der Waals surface area contributed by atoms with Crippen molar-refractivity contribution >= 4 is 40.7 Å². The highest BCUT2D eigenvalue weighted by atomic mass is 35.5. The topological polar surface area (TPSA) is 52.7 Å². The Labute approximate surface area is 181 Å². The zero-order valence-electron chi connectivity index (χ0n) is 16.6. The molecule has 3 rings (SSSR count). The van der Waals surface area contributed by atoms with Crippen LogP contribution in [0.2, 0.25) is 10.0 Å². The summed E-state index contributed by atoms with van der Waals surface area (Å²) >= 11 is 12.0. The molecule has 1 aliphatic heterocycles. The summed E-state index contributed by atoms with van der Waals surface area (Å²) in [5.74, 6) is -0.00194. The standard InChI is InChI=1S/C22H25Cl2N3O2/c1-15-5-3-4-6-17(15)13-21(28)27-11-9-26(10-12-27)16(2)22(29)25-20-8-7-18(23)14-19(20)24/h3-8,14,16H,9-13H2,1-2H3,(H,25,29). The van der Waals surface area contributed by atoms with Crippen LogP contribution in [0.25, 0.3) is 0 Å². The van der Waals surface area contributed by atoms with Crippen LogP contribution in [0.3, 0.4) is 0 Å². The molecule has 0 aromatic heterocycles. The van der Waals surface area contributed by atoms with Crippen molar-refractivity contribution in [1.82, 2.24) is 9.80 Å². The molecule has 0 spiro atoms. The lowest BCUT2D eigenvalue weighted by Crippen LogP contribution is -2.54. The number of carbonyl (C=O) groups is 2. The highest BCUT2D eigenvalue weighted by Crippen LogP contribution is 2.25. The third kappa shape index (κ3) is 5.50. The lowest BCUT2D eigenvalue weighted by molar-refractivity contribution is -0.133. The van der Waals surface area contributed by atoms with E-state index in [9.17, 15) is 9.59 Å². The fourth-order valence-electron chi connectivity index (χ4n) is 3.44. The fraction of sp³-hybridized carbons (Fsp3) is 0.364. The smallest absolute Gasteiger partial charge is 0.241 e. The maximum Gasteiger partial charge on any atom is 0.241 e. The molecule has 154 valence electrons. The summed E-state index contributed by atoms with van der Waals surface area (Å²) in [5.41, 5.74) is 2.73. The van der Waals surface area contributed by atoms with Crippen LogP contribution in [0, 0.1) is 6.92 Å². The van der Waals surface area contributed by atoms with Gasteiger partial charge in [-0.3, -0.25) is 14.5 Å². The number of nitrogens with zero attached hydrogens (tertiary/aromatic N) is 2. The average molecular weight is 434 g/mol. The predicted octanol–water partition coefficient (Wildman–Crippen LogP) is 4.02. The number of halogens is 2. The van der Waals surface area contributed by atoms with Crippen molar-refractivity contribution in [3.05, 3.63) is 63.6 Å². The Morgan fingerprint density at radius 2 is 1.76 bits per heavy atom. The zero-order valence-corrected chi connectivity index (χ0v) is 18.1. The van der Waals surface area contributed by atoms with Gasteiger partial charge in [-0.05, 0) is 43.2 Å². The Bertz CT molecular complexity index is 895. The molecule has 1 saturated heterocycles. The first-order valence-electron chi connectivity index (χ1n) is 9.67. The van der Waals surface area contributed by atoms with Crippen LogP contribution >= 0.6 is 23.2 Å². The van der Waals surface area contributed by atoms with Gasteiger partial charge in [0.05, 0.1) is 23.2 Å². The Kier molecular flexibility index (Phi) is 7.17. The molecule has 0 bridgehead atoms. The van der Waals surface area contributed by atoms with E-state index in [1.807, 2.05) is 43.0 Å². The summed E-state index contributed by atoms with van der Waals surface area (Å²) in [6, 6.07) is 12.6. The molecular formula is C22H25Cl2N3O2. The normalized spacial score (nSPS) is 15.8. The van der Waals surface area contributed by atoms with Crippen molar-refractivity contribution in [2.45, 2.75) is 26.3 Å². The molecule has 1 N–H and O–H groups in total. The number of carbonyl (C=O) groups excluding carboxylic acids is 2. The minimum Gasteiger partial charge on any atom is -0.340 e. The molecule has 1 fully saturated rings. The van der Waals surface area contributed by atoms with Gasteiger partial charge in [-0.15, -0.1) is 0 Å². The monoisotopic (exact) mass is 433 g/mol. The van der Waals surface area contributed by atoms with E-state index in [1.165, 1.54) is 0 Å². The van der Waals surface area contributed by atoms with E-state index in [4.69, 9.17) is 23.2 Å². The molecule has 7 heteroatoms. The van der Waals surface area contributed by atoms with Crippen molar-refractivity contribution in [3.8, 4) is 0 Å². The Balaban J connectivity index is 1.52. The van der Waals surface area contributed by atoms with Crippen LogP contribution < -0.4 is 5.32 Å². The number of piperazine rings is 1. The van der Waals surface area contributed by atoms with Crippen LogP contribution in [0.1, 0.15) is 18.1 Å². The van der Waals surface area contributed by atoms with E-state index in [1.54, 1.807) is 18.2 Å². The molecular weight excluding hydrogens is 409 g/mol. The third-order valence-electron chi connectivity index (χ3n) is 5.39. The fourth-order valence-corrected chi connectivity index (χ4v) is 3.89. The van der Waals surface area contributed by atoms with E-state index in [0.717, 1.165) is 11.1 Å². The second-order valence-electron chi connectivity index (χ2n) is 7.31. The first kappa shape index (κ1) is 21.6. The molecule has 1 heterocycles. The quantitative estimate of drug-likeness (QED) is 0.774. The number of benzene rings is 2. The molecule has 5 nitrogen and oxygen atoms in total. The van der Waals surface area contributed by atoms with Crippen LogP contribution in [0.4, 0.5) is 5.69 Å². The first-order valence-corrected chi connectivity index (χ1v) is 10.4. The maximum absolute atomic E-state index is 12.6. The molecule has 2 aromatic carbocycles. The molecule has 29 heavy (non-hydrogen) atoms. The summed E-state index contributed by atoms with van der Waals surface area (Å²) in [7, 11) is 0.